The van der Waals surface area contributed by atoms with Crippen LogP contribution in [0.15, 0.2) is 54.0 Å². The molecule has 0 unspecified atom stereocenters. The molecule has 4 nitrogen and oxygen atoms in total. The van der Waals surface area contributed by atoms with Crippen molar-refractivity contribution >= 4 is 11.9 Å². The minimum absolute atomic E-state index is 0.154. The second-order valence-corrected chi connectivity index (χ2v) is 4.88. The summed E-state index contributed by atoms with van der Waals surface area (Å²) in [6, 6.07) is 11.2. The van der Waals surface area contributed by atoms with E-state index in [0.717, 1.165) is 16.8 Å². The number of aliphatic imine (C=N–C) groups is 1. The number of hydrogen-bond donors (Lipinski definition) is 1. The van der Waals surface area contributed by atoms with Crippen LogP contribution < -0.4 is 9.47 Å². The first-order chi connectivity index (χ1) is 11.2. The van der Waals surface area contributed by atoms with Crippen molar-refractivity contribution in [1.82, 2.24) is 0 Å². The summed E-state index contributed by atoms with van der Waals surface area (Å²) in [6.07, 6.45) is 4.03. The fourth-order valence-electron chi connectivity index (χ4n) is 2.22. The van der Waals surface area contributed by atoms with Gasteiger partial charge in [0, 0.05) is 11.8 Å². The van der Waals surface area contributed by atoms with Crippen LogP contribution in [-0.4, -0.2) is 25.0 Å². The second kappa shape index (κ2) is 8.03. The van der Waals surface area contributed by atoms with Gasteiger partial charge in [-0.3, -0.25) is 4.99 Å². The Labute approximate surface area is 136 Å². The molecule has 0 bridgehead atoms. The highest BCUT2D eigenvalue weighted by atomic mass is 16.5. The first-order valence-electron chi connectivity index (χ1n) is 7.46. The Bertz CT molecular complexity index is 708. The van der Waals surface area contributed by atoms with E-state index in [2.05, 4.69) is 11.6 Å². The third-order valence-electron chi connectivity index (χ3n) is 3.28. The number of nitrogens with zero attached hydrogens (tertiary/aromatic N) is 1. The van der Waals surface area contributed by atoms with Crippen molar-refractivity contribution < 1.29 is 14.6 Å². The summed E-state index contributed by atoms with van der Waals surface area (Å²) in [4.78, 5) is 4.47. The van der Waals surface area contributed by atoms with E-state index in [-0.39, 0.29) is 5.75 Å². The first kappa shape index (κ1) is 16.6. The highest BCUT2D eigenvalue weighted by Crippen LogP contribution is 2.32. The number of allylic oxidation sites excluding steroid dienone is 1. The van der Waals surface area contributed by atoms with E-state index < -0.39 is 0 Å². The smallest absolute Gasteiger partial charge is 0.161 e. The van der Waals surface area contributed by atoms with Crippen LogP contribution in [0.4, 0.5) is 5.69 Å². The van der Waals surface area contributed by atoms with E-state index in [1.165, 1.54) is 0 Å². The molecule has 23 heavy (non-hydrogen) atoms. The number of methoxy groups -OCH3 is 1. The summed E-state index contributed by atoms with van der Waals surface area (Å²) in [5, 5.41) is 10.2. The first-order valence-corrected chi connectivity index (χ1v) is 7.46. The Kier molecular flexibility index (Phi) is 5.80. The molecule has 0 spiro atoms. The lowest BCUT2D eigenvalue weighted by Gasteiger charge is -2.11. The number of rotatable bonds is 7. The number of benzene rings is 2. The predicted molar refractivity (Wildman–Crippen MR) is 93.4 cm³/mol. The topological polar surface area (TPSA) is 51.0 Å². The van der Waals surface area contributed by atoms with E-state index in [0.29, 0.717) is 24.5 Å². The second-order valence-electron chi connectivity index (χ2n) is 4.88. The number of aromatic hydroxyl groups is 1. The molecule has 0 aliphatic heterocycles. The van der Waals surface area contributed by atoms with Gasteiger partial charge in [-0.1, -0.05) is 18.2 Å². The molecular formula is C19H21NO3. The molecule has 0 aliphatic rings. The van der Waals surface area contributed by atoms with E-state index in [1.807, 2.05) is 37.3 Å². The molecule has 0 saturated heterocycles. The molecule has 1 N–H and O–H groups in total. The van der Waals surface area contributed by atoms with Crippen molar-refractivity contribution in [3.05, 3.63) is 60.2 Å². The van der Waals surface area contributed by atoms with Crippen LogP contribution >= 0.6 is 0 Å². The van der Waals surface area contributed by atoms with Gasteiger partial charge in [0.05, 0.1) is 13.7 Å². The van der Waals surface area contributed by atoms with Crippen LogP contribution in [0.5, 0.6) is 17.2 Å². The van der Waals surface area contributed by atoms with Gasteiger partial charge in [0.1, 0.15) is 11.4 Å². The minimum Gasteiger partial charge on any atom is -0.504 e. The van der Waals surface area contributed by atoms with E-state index in [1.54, 1.807) is 25.5 Å². The summed E-state index contributed by atoms with van der Waals surface area (Å²) in [7, 11) is 1.62. The summed E-state index contributed by atoms with van der Waals surface area (Å²) in [5.41, 5.74) is 2.34. The highest BCUT2D eigenvalue weighted by molar-refractivity contribution is 5.84. The zero-order chi connectivity index (χ0) is 16.7. The molecule has 2 aromatic carbocycles. The SMILES string of the molecule is C=CCc1cc(C=Nc2ccccc2OC)cc(OCC)c1O. The Morgan fingerprint density at radius 1 is 1.22 bits per heavy atom. The Hall–Kier alpha value is -2.75. The van der Waals surface area contributed by atoms with Gasteiger partial charge in [0.25, 0.3) is 0 Å². The molecule has 2 aromatic rings. The normalized spacial score (nSPS) is 10.7. The molecule has 4 heteroatoms. The van der Waals surface area contributed by atoms with Gasteiger partial charge in [-0.05, 0) is 43.2 Å². The molecule has 2 rings (SSSR count). The van der Waals surface area contributed by atoms with Crippen molar-refractivity contribution in [2.45, 2.75) is 13.3 Å². The molecule has 0 aromatic heterocycles. The van der Waals surface area contributed by atoms with E-state index in [9.17, 15) is 5.11 Å². The number of ether oxygens (including phenoxy) is 2. The summed E-state index contributed by atoms with van der Waals surface area (Å²) in [6.45, 7) is 6.07. The van der Waals surface area contributed by atoms with Gasteiger partial charge in [-0.2, -0.15) is 0 Å². The van der Waals surface area contributed by atoms with Crippen LogP contribution in [0.25, 0.3) is 0 Å². The summed E-state index contributed by atoms with van der Waals surface area (Å²) < 4.78 is 10.8. The number of phenolic OH excluding ortho intramolecular Hbond substituents is 1. The maximum absolute atomic E-state index is 10.2. The number of phenols is 1. The molecule has 0 amide bonds. The van der Waals surface area contributed by atoms with Crippen molar-refractivity contribution in [3.8, 4) is 17.2 Å². The van der Waals surface area contributed by atoms with Crippen LogP contribution in [0.2, 0.25) is 0 Å². The molecule has 0 heterocycles. The lowest BCUT2D eigenvalue weighted by molar-refractivity contribution is 0.317. The standard InChI is InChI=1S/C19H21NO3/c1-4-8-15-11-14(12-18(19(15)21)23-5-2)13-20-16-9-6-7-10-17(16)22-3/h4,6-7,9-13,21H,1,5,8H2,2-3H3. The van der Waals surface area contributed by atoms with Gasteiger partial charge < -0.3 is 14.6 Å². The lowest BCUT2D eigenvalue weighted by Crippen LogP contribution is -1.96. The third kappa shape index (κ3) is 4.13. The van der Waals surface area contributed by atoms with E-state index in [4.69, 9.17) is 9.47 Å². The molecule has 0 aliphatic carbocycles. The zero-order valence-corrected chi connectivity index (χ0v) is 13.5. The van der Waals surface area contributed by atoms with Gasteiger partial charge >= 0.3 is 0 Å². The fraction of sp³-hybridized carbons (Fsp3) is 0.211. The molecule has 0 atom stereocenters. The molecular weight excluding hydrogens is 290 g/mol. The monoisotopic (exact) mass is 311 g/mol. The maximum Gasteiger partial charge on any atom is 0.161 e. The van der Waals surface area contributed by atoms with Gasteiger partial charge in [0.15, 0.2) is 11.5 Å². The van der Waals surface area contributed by atoms with Crippen molar-refractivity contribution in [1.29, 1.82) is 0 Å². The molecule has 0 saturated carbocycles. The zero-order valence-electron chi connectivity index (χ0n) is 13.5. The predicted octanol–water partition coefficient (Wildman–Crippen LogP) is 4.28. The highest BCUT2D eigenvalue weighted by Gasteiger charge is 2.09. The van der Waals surface area contributed by atoms with Crippen LogP contribution in [0.3, 0.4) is 0 Å². The van der Waals surface area contributed by atoms with Gasteiger partial charge in [-0.25, -0.2) is 0 Å². The van der Waals surface area contributed by atoms with E-state index >= 15 is 0 Å². The molecule has 0 radical (unpaired) electrons. The average Bonchev–Trinajstić information content (AvgIpc) is 2.57. The Morgan fingerprint density at radius 2 is 2.00 bits per heavy atom. The minimum atomic E-state index is 0.154. The van der Waals surface area contributed by atoms with Gasteiger partial charge in [0.2, 0.25) is 0 Å². The Balaban J connectivity index is 2.38. The Morgan fingerprint density at radius 3 is 2.70 bits per heavy atom. The fourth-order valence-corrected chi connectivity index (χ4v) is 2.22. The average molecular weight is 311 g/mol. The van der Waals surface area contributed by atoms with Crippen molar-refractivity contribution in [2.75, 3.05) is 13.7 Å². The van der Waals surface area contributed by atoms with Crippen LogP contribution in [0, 0.1) is 0 Å². The van der Waals surface area contributed by atoms with Crippen LogP contribution in [0.1, 0.15) is 18.1 Å². The quantitative estimate of drug-likeness (QED) is 0.613. The largest absolute Gasteiger partial charge is 0.504 e. The van der Waals surface area contributed by atoms with Crippen molar-refractivity contribution in [2.24, 2.45) is 4.99 Å². The number of para-hydroxylation sites is 2. The molecule has 0 fully saturated rings. The van der Waals surface area contributed by atoms with Gasteiger partial charge in [-0.15, -0.1) is 6.58 Å². The third-order valence-corrected chi connectivity index (χ3v) is 3.28. The van der Waals surface area contributed by atoms with Crippen molar-refractivity contribution in [3.63, 3.8) is 0 Å². The maximum atomic E-state index is 10.2. The number of hydrogen-bond acceptors (Lipinski definition) is 4. The van der Waals surface area contributed by atoms with Crippen LogP contribution in [-0.2, 0) is 6.42 Å². The summed E-state index contributed by atoms with van der Waals surface area (Å²) >= 11 is 0. The summed E-state index contributed by atoms with van der Waals surface area (Å²) in [5.74, 6) is 1.31. The molecule has 120 valence electrons. The lowest BCUT2D eigenvalue weighted by atomic mass is 10.1.